The fourth-order valence-electron chi connectivity index (χ4n) is 1.07. The Hall–Kier alpha value is -0.235. The van der Waals surface area contributed by atoms with Crippen molar-refractivity contribution in [2.75, 3.05) is 0 Å². The predicted molar refractivity (Wildman–Crippen MR) is 50.7 cm³/mol. The lowest BCUT2D eigenvalue weighted by molar-refractivity contribution is 0.0251. The van der Waals surface area contributed by atoms with Crippen LogP contribution in [0.5, 0.6) is 0 Å². The molecule has 7 heteroatoms. The Morgan fingerprint density at radius 2 is 2.23 bits per heavy atom. The summed E-state index contributed by atoms with van der Waals surface area (Å²) >= 11 is 3.22. The van der Waals surface area contributed by atoms with Gasteiger partial charge in [-0.3, -0.25) is 0 Å². The van der Waals surface area contributed by atoms with Gasteiger partial charge in [0.15, 0.2) is 0 Å². The van der Waals surface area contributed by atoms with Crippen LogP contribution in [-0.4, -0.2) is 23.1 Å². The summed E-state index contributed by atoms with van der Waals surface area (Å²) in [5, 5.41) is 24.9. The Morgan fingerprint density at radius 1 is 1.62 bits per heavy atom. The van der Waals surface area contributed by atoms with E-state index in [0.717, 1.165) is 0 Å². The topological polar surface area (TPSA) is 74.4 Å². The van der Waals surface area contributed by atoms with Gasteiger partial charge in [-0.2, -0.15) is 5.11 Å². The molecule has 1 aliphatic heterocycles. The molecule has 0 aromatic carbocycles. The molecule has 0 saturated carbocycles. The van der Waals surface area contributed by atoms with Crippen molar-refractivity contribution >= 4 is 23.3 Å². The molecular weight excluding hydrogens is 239 g/mol. The van der Waals surface area contributed by atoms with E-state index in [1.54, 1.807) is 0 Å². The first-order chi connectivity index (χ1) is 5.99. The Morgan fingerprint density at radius 3 is 2.54 bits per heavy atom. The third-order valence-corrected chi connectivity index (χ3v) is 2.56. The molecule has 0 aromatic heterocycles. The molecule has 0 aromatic rings. The summed E-state index contributed by atoms with van der Waals surface area (Å²) in [5.74, 6) is -0.0498. The lowest BCUT2D eigenvalue weighted by atomic mass is 9.99. The number of rotatable bonds is 3. The first-order valence-electron chi connectivity index (χ1n) is 3.81. The Bertz CT molecular complexity index is 256. The lowest BCUT2D eigenvalue weighted by Crippen LogP contribution is -2.41. The van der Waals surface area contributed by atoms with E-state index in [4.69, 9.17) is 14.7 Å². The van der Waals surface area contributed by atoms with Crippen molar-refractivity contribution in [3.63, 3.8) is 0 Å². The summed E-state index contributed by atoms with van der Waals surface area (Å²) in [6.07, 6.45) is 1.47. The van der Waals surface area contributed by atoms with Gasteiger partial charge in [-0.1, -0.05) is 13.8 Å². The number of hydrogen-bond donors (Lipinski definition) is 2. The van der Waals surface area contributed by atoms with E-state index >= 15 is 0 Å². The molecular formula is C6H10BBrN2O3. The molecule has 0 fully saturated rings. The summed E-state index contributed by atoms with van der Waals surface area (Å²) in [4.78, 5) is 0. The second kappa shape index (κ2) is 3.87. The smallest absolute Gasteiger partial charge is 0.402 e. The van der Waals surface area contributed by atoms with Crippen molar-refractivity contribution < 1.29 is 14.7 Å². The maximum atomic E-state index is 8.73. The first-order valence-corrected chi connectivity index (χ1v) is 4.60. The summed E-state index contributed by atoms with van der Waals surface area (Å²) < 4.78 is 5.49. The molecule has 0 radical (unpaired) electrons. The average Bonchev–Trinajstić information content (AvgIpc) is 2.32. The van der Waals surface area contributed by atoms with Crippen LogP contribution in [0.15, 0.2) is 20.9 Å². The molecule has 0 spiro atoms. The van der Waals surface area contributed by atoms with Crippen LogP contribution in [0.3, 0.4) is 0 Å². The minimum Gasteiger partial charge on any atom is -0.402 e. The van der Waals surface area contributed by atoms with Crippen molar-refractivity contribution in [3.05, 3.63) is 10.7 Å². The van der Waals surface area contributed by atoms with Crippen LogP contribution in [0.2, 0.25) is 0 Å². The van der Waals surface area contributed by atoms with Crippen LogP contribution < -0.4 is 0 Å². The zero-order chi connectivity index (χ0) is 10.1. The molecule has 72 valence electrons. The van der Waals surface area contributed by atoms with Crippen LogP contribution in [0.25, 0.3) is 0 Å². The van der Waals surface area contributed by atoms with E-state index < -0.39 is 13.0 Å². The fraction of sp³-hybridized carbons (Fsp3) is 0.667. The van der Waals surface area contributed by atoms with Crippen molar-refractivity contribution in [3.8, 4) is 0 Å². The maximum absolute atomic E-state index is 8.73. The molecule has 5 nitrogen and oxygen atoms in total. The number of azo groups is 1. The van der Waals surface area contributed by atoms with Crippen LogP contribution in [0.1, 0.15) is 13.8 Å². The molecule has 0 aliphatic carbocycles. The summed E-state index contributed by atoms with van der Waals surface area (Å²) in [6, 6.07) is 0. The minimum atomic E-state index is -1.86. The third-order valence-electron chi connectivity index (χ3n) is 1.79. The quantitative estimate of drug-likeness (QED) is 0.733. The monoisotopic (exact) mass is 248 g/mol. The van der Waals surface area contributed by atoms with E-state index in [0.29, 0.717) is 4.48 Å². The molecule has 0 amide bonds. The standard InChI is InChI=1S/C6H10BBrN2O3/c1-4(2)6(13-7(11)12)5(8)3-9-10-6/h3-4,11-12H,1-2H3. The van der Waals surface area contributed by atoms with E-state index in [-0.39, 0.29) is 5.92 Å². The highest BCUT2D eigenvalue weighted by molar-refractivity contribution is 9.11. The van der Waals surface area contributed by atoms with E-state index in [9.17, 15) is 0 Å². The normalized spacial score (nSPS) is 26.8. The van der Waals surface area contributed by atoms with Crippen LogP contribution in [-0.2, 0) is 4.65 Å². The molecule has 0 bridgehead atoms. The fourth-order valence-corrected chi connectivity index (χ4v) is 1.80. The zero-order valence-electron chi connectivity index (χ0n) is 7.31. The molecule has 1 aliphatic rings. The van der Waals surface area contributed by atoms with Gasteiger partial charge >= 0.3 is 7.32 Å². The molecule has 2 N–H and O–H groups in total. The predicted octanol–water partition coefficient (Wildman–Crippen LogP) is 1.03. The highest BCUT2D eigenvalue weighted by Gasteiger charge is 2.43. The molecule has 1 rings (SSSR count). The van der Waals surface area contributed by atoms with E-state index in [1.807, 2.05) is 13.8 Å². The number of halogens is 1. The molecule has 1 unspecified atom stereocenters. The van der Waals surface area contributed by atoms with E-state index in [2.05, 4.69) is 26.2 Å². The van der Waals surface area contributed by atoms with Crippen LogP contribution in [0, 0.1) is 5.92 Å². The number of hydrogen-bond acceptors (Lipinski definition) is 5. The summed E-state index contributed by atoms with van der Waals surface area (Å²) in [5.41, 5.74) is -1.09. The van der Waals surface area contributed by atoms with Gasteiger partial charge in [0.25, 0.3) is 0 Å². The first kappa shape index (κ1) is 10.8. The SMILES string of the molecule is CC(C)C1(OB(O)O)N=NC=C1Br. The van der Waals surface area contributed by atoms with Gasteiger partial charge in [-0.05, 0) is 15.9 Å². The van der Waals surface area contributed by atoms with Gasteiger partial charge in [0, 0.05) is 5.92 Å². The third kappa shape index (κ3) is 1.99. The van der Waals surface area contributed by atoms with E-state index in [1.165, 1.54) is 6.20 Å². The van der Waals surface area contributed by atoms with Gasteiger partial charge in [0.2, 0.25) is 5.72 Å². The molecule has 0 saturated heterocycles. The maximum Gasteiger partial charge on any atom is 0.636 e. The summed E-state index contributed by atoms with van der Waals surface area (Å²) in [7, 11) is -1.86. The van der Waals surface area contributed by atoms with Crippen molar-refractivity contribution in [2.24, 2.45) is 16.1 Å². The largest absolute Gasteiger partial charge is 0.636 e. The van der Waals surface area contributed by atoms with Crippen molar-refractivity contribution in [1.29, 1.82) is 0 Å². The van der Waals surface area contributed by atoms with Crippen LogP contribution in [0.4, 0.5) is 0 Å². The van der Waals surface area contributed by atoms with Gasteiger partial charge in [0.1, 0.15) is 0 Å². The van der Waals surface area contributed by atoms with Gasteiger partial charge in [0.05, 0.1) is 10.7 Å². The second-order valence-corrected chi connectivity index (χ2v) is 3.84. The van der Waals surface area contributed by atoms with Crippen molar-refractivity contribution in [2.45, 2.75) is 19.6 Å². The van der Waals surface area contributed by atoms with Gasteiger partial charge in [-0.25, -0.2) is 0 Å². The average molecular weight is 249 g/mol. The highest BCUT2D eigenvalue weighted by atomic mass is 79.9. The molecule has 1 heterocycles. The van der Waals surface area contributed by atoms with Crippen LogP contribution >= 0.6 is 15.9 Å². The summed E-state index contributed by atoms with van der Waals surface area (Å²) in [6.45, 7) is 3.70. The highest BCUT2D eigenvalue weighted by Crippen LogP contribution is 2.39. The van der Waals surface area contributed by atoms with Crippen molar-refractivity contribution in [1.82, 2.24) is 0 Å². The lowest BCUT2D eigenvalue weighted by Gasteiger charge is -2.29. The second-order valence-electron chi connectivity index (χ2n) is 2.99. The molecule has 1 atom stereocenters. The molecule has 13 heavy (non-hydrogen) atoms. The zero-order valence-corrected chi connectivity index (χ0v) is 8.89. The number of nitrogens with zero attached hydrogens (tertiary/aromatic N) is 2. The van der Waals surface area contributed by atoms with Gasteiger partial charge < -0.3 is 14.7 Å². The Labute approximate surface area is 84.8 Å². The Kier molecular flexibility index (Phi) is 3.23. The Balaban J connectivity index is 2.89. The minimum absolute atomic E-state index is 0.0498. The van der Waals surface area contributed by atoms with Gasteiger partial charge in [-0.15, -0.1) is 5.11 Å².